The van der Waals surface area contributed by atoms with Crippen molar-refractivity contribution < 1.29 is 4.74 Å². The molecule has 0 radical (unpaired) electrons. The van der Waals surface area contributed by atoms with Gasteiger partial charge in [0.15, 0.2) is 0 Å². The van der Waals surface area contributed by atoms with E-state index in [2.05, 4.69) is 43.5 Å². The Morgan fingerprint density at radius 2 is 2.22 bits per heavy atom. The molecule has 0 aliphatic rings. The van der Waals surface area contributed by atoms with E-state index in [-0.39, 0.29) is 6.04 Å². The summed E-state index contributed by atoms with van der Waals surface area (Å²) in [6.45, 7) is 5.64. The maximum Gasteiger partial charge on any atom is 0.224 e. The first kappa shape index (κ1) is 15.2. The van der Waals surface area contributed by atoms with Crippen molar-refractivity contribution >= 4 is 27.7 Å². The molecule has 1 atom stereocenters. The molecule has 0 saturated carbocycles. The predicted octanol–water partition coefficient (Wildman–Crippen LogP) is 2.90. The maximum atomic E-state index is 5.21. The van der Waals surface area contributed by atoms with E-state index in [1.165, 1.54) is 0 Å². The number of nitrogens with zero attached hydrogens (tertiary/aromatic N) is 2. The third-order valence-corrected chi connectivity index (χ3v) is 3.01. The largest absolute Gasteiger partial charge is 0.383 e. The summed E-state index contributed by atoms with van der Waals surface area (Å²) in [5.41, 5.74) is 0. The van der Waals surface area contributed by atoms with E-state index in [1.54, 1.807) is 13.3 Å². The minimum atomic E-state index is 0.265. The van der Waals surface area contributed by atoms with Crippen LogP contribution in [0, 0.1) is 0 Å². The molecule has 5 nitrogen and oxygen atoms in total. The lowest BCUT2D eigenvalue weighted by molar-refractivity contribution is 0.182. The van der Waals surface area contributed by atoms with Crippen molar-refractivity contribution in [1.29, 1.82) is 0 Å². The number of ether oxygens (including phenoxy) is 1. The fourth-order valence-corrected chi connectivity index (χ4v) is 1.96. The van der Waals surface area contributed by atoms with Crippen molar-refractivity contribution in [2.75, 3.05) is 30.9 Å². The Labute approximate surface area is 117 Å². The standard InChI is InChI=1S/C12H21BrN4O/c1-4-6-9(8-18-3)16-11-10(13)7-15-12(17-11)14-5-2/h7,9H,4-6,8H2,1-3H3,(H2,14,15,16,17). The Balaban J connectivity index is 2.76. The second-order valence-electron chi connectivity index (χ2n) is 4.01. The normalized spacial score (nSPS) is 12.2. The van der Waals surface area contributed by atoms with Gasteiger partial charge in [-0.3, -0.25) is 0 Å². The van der Waals surface area contributed by atoms with Gasteiger partial charge in [-0.15, -0.1) is 0 Å². The highest BCUT2D eigenvalue weighted by atomic mass is 79.9. The molecule has 0 fully saturated rings. The number of halogens is 1. The molecule has 1 aromatic rings. The molecular weight excluding hydrogens is 296 g/mol. The lowest BCUT2D eigenvalue weighted by Crippen LogP contribution is -2.25. The average Bonchev–Trinajstić information content (AvgIpc) is 2.34. The molecule has 0 bridgehead atoms. The molecule has 0 saturated heterocycles. The van der Waals surface area contributed by atoms with Crippen molar-refractivity contribution in [2.24, 2.45) is 0 Å². The van der Waals surface area contributed by atoms with Gasteiger partial charge in [0.2, 0.25) is 5.95 Å². The molecule has 1 rings (SSSR count). The van der Waals surface area contributed by atoms with Gasteiger partial charge in [0, 0.05) is 19.9 Å². The Kier molecular flexibility index (Phi) is 6.97. The summed E-state index contributed by atoms with van der Waals surface area (Å²) in [7, 11) is 1.71. The molecule has 1 unspecified atom stereocenters. The van der Waals surface area contributed by atoms with E-state index < -0.39 is 0 Å². The minimum absolute atomic E-state index is 0.265. The molecule has 0 spiro atoms. The highest BCUT2D eigenvalue weighted by Gasteiger charge is 2.11. The zero-order chi connectivity index (χ0) is 13.4. The van der Waals surface area contributed by atoms with E-state index in [1.807, 2.05) is 6.92 Å². The summed E-state index contributed by atoms with van der Waals surface area (Å²) in [6.07, 6.45) is 3.90. The molecule has 0 aliphatic heterocycles. The number of anilines is 2. The van der Waals surface area contributed by atoms with Gasteiger partial charge in [-0.1, -0.05) is 13.3 Å². The van der Waals surface area contributed by atoms with Crippen LogP contribution in [0.2, 0.25) is 0 Å². The van der Waals surface area contributed by atoms with E-state index in [0.717, 1.165) is 29.7 Å². The average molecular weight is 317 g/mol. The molecule has 2 N–H and O–H groups in total. The lowest BCUT2D eigenvalue weighted by atomic mass is 10.2. The number of nitrogens with one attached hydrogen (secondary N) is 2. The molecular formula is C12H21BrN4O. The highest BCUT2D eigenvalue weighted by Crippen LogP contribution is 2.21. The fraction of sp³-hybridized carbons (Fsp3) is 0.667. The van der Waals surface area contributed by atoms with Gasteiger partial charge in [0.25, 0.3) is 0 Å². The second kappa shape index (κ2) is 8.26. The zero-order valence-electron chi connectivity index (χ0n) is 11.2. The highest BCUT2D eigenvalue weighted by molar-refractivity contribution is 9.10. The Hall–Kier alpha value is -0.880. The van der Waals surface area contributed by atoms with E-state index in [4.69, 9.17) is 4.74 Å². The summed E-state index contributed by atoms with van der Waals surface area (Å²) < 4.78 is 6.07. The number of hydrogen-bond donors (Lipinski definition) is 2. The maximum absolute atomic E-state index is 5.21. The molecule has 6 heteroatoms. The van der Waals surface area contributed by atoms with Gasteiger partial charge in [-0.2, -0.15) is 4.98 Å². The number of methoxy groups -OCH3 is 1. The van der Waals surface area contributed by atoms with Crippen LogP contribution in [0.4, 0.5) is 11.8 Å². The smallest absolute Gasteiger partial charge is 0.224 e. The third kappa shape index (κ3) is 4.78. The molecule has 0 aromatic carbocycles. The van der Waals surface area contributed by atoms with Gasteiger partial charge in [0.05, 0.1) is 17.1 Å². The first-order chi connectivity index (χ1) is 8.71. The first-order valence-electron chi connectivity index (χ1n) is 6.23. The monoisotopic (exact) mass is 316 g/mol. The topological polar surface area (TPSA) is 59.1 Å². The van der Waals surface area contributed by atoms with Gasteiger partial charge in [-0.05, 0) is 29.3 Å². The zero-order valence-corrected chi connectivity index (χ0v) is 12.7. The Morgan fingerprint density at radius 3 is 2.83 bits per heavy atom. The Morgan fingerprint density at radius 1 is 1.44 bits per heavy atom. The molecule has 1 aromatic heterocycles. The van der Waals surface area contributed by atoms with E-state index in [0.29, 0.717) is 12.6 Å². The third-order valence-electron chi connectivity index (χ3n) is 2.42. The van der Waals surface area contributed by atoms with Crippen LogP contribution in [0.15, 0.2) is 10.7 Å². The molecule has 0 aliphatic carbocycles. The number of aromatic nitrogens is 2. The van der Waals surface area contributed by atoms with Crippen LogP contribution in [-0.4, -0.2) is 36.3 Å². The second-order valence-corrected chi connectivity index (χ2v) is 4.86. The van der Waals surface area contributed by atoms with Crippen LogP contribution >= 0.6 is 15.9 Å². The summed E-state index contributed by atoms with van der Waals surface area (Å²) in [6, 6.07) is 0.265. The Bertz CT molecular complexity index is 356. The van der Waals surface area contributed by atoms with Crippen LogP contribution in [0.3, 0.4) is 0 Å². The molecule has 1 heterocycles. The summed E-state index contributed by atoms with van der Waals surface area (Å²) in [4.78, 5) is 8.62. The van der Waals surface area contributed by atoms with Crippen LogP contribution < -0.4 is 10.6 Å². The van der Waals surface area contributed by atoms with Crippen molar-refractivity contribution in [2.45, 2.75) is 32.7 Å². The summed E-state index contributed by atoms with van der Waals surface area (Å²) in [5, 5.41) is 6.48. The fourth-order valence-electron chi connectivity index (χ4n) is 1.65. The number of rotatable bonds is 8. The van der Waals surface area contributed by atoms with Gasteiger partial charge in [0.1, 0.15) is 5.82 Å². The van der Waals surface area contributed by atoms with Crippen molar-refractivity contribution in [1.82, 2.24) is 9.97 Å². The van der Waals surface area contributed by atoms with E-state index >= 15 is 0 Å². The lowest BCUT2D eigenvalue weighted by Gasteiger charge is -2.18. The molecule has 18 heavy (non-hydrogen) atoms. The summed E-state index contributed by atoms with van der Waals surface area (Å²) in [5.74, 6) is 1.44. The van der Waals surface area contributed by atoms with Crippen LogP contribution in [0.1, 0.15) is 26.7 Å². The molecule has 0 amide bonds. The van der Waals surface area contributed by atoms with Crippen molar-refractivity contribution in [3.05, 3.63) is 10.7 Å². The minimum Gasteiger partial charge on any atom is -0.383 e. The van der Waals surface area contributed by atoms with Gasteiger partial charge < -0.3 is 15.4 Å². The van der Waals surface area contributed by atoms with Crippen molar-refractivity contribution in [3.8, 4) is 0 Å². The predicted molar refractivity (Wildman–Crippen MR) is 78.1 cm³/mol. The first-order valence-corrected chi connectivity index (χ1v) is 7.02. The summed E-state index contributed by atoms with van der Waals surface area (Å²) >= 11 is 3.46. The van der Waals surface area contributed by atoms with Crippen LogP contribution in [0.25, 0.3) is 0 Å². The van der Waals surface area contributed by atoms with Crippen LogP contribution in [-0.2, 0) is 4.74 Å². The SMILES string of the molecule is CCCC(COC)Nc1nc(NCC)ncc1Br. The molecule has 102 valence electrons. The van der Waals surface area contributed by atoms with E-state index in [9.17, 15) is 0 Å². The quantitative estimate of drug-likeness (QED) is 0.772. The number of hydrogen-bond acceptors (Lipinski definition) is 5. The van der Waals surface area contributed by atoms with Crippen LogP contribution in [0.5, 0.6) is 0 Å². The van der Waals surface area contributed by atoms with Crippen molar-refractivity contribution in [3.63, 3.8) is 0 Å². The van der Waals surface area contributed by atoms with Gasteiger partial charge >= 0.3 is 0 Å². The van der Waals surface area contributed by atoms with Gasteiger partial charge in [-0.25, -0.2) is 4.98 Å².